The molecule has 18 heavy (non-hydrogen) atoms. The summed E-state index contributed by atoms with van der Waals surface area (Å²) in [5, 5.41) is 0. The van der Waals surface area contributed by atoms with Crippen LogP contribution in [0.5, 0.6) is 0 Å². The zero-order valence-electron chi connectivity index (χ0n) is 10.2. The molecule has 1 aliphatic rings. The summed E-state index contributed by atoms with van der Waals surface area (Å²) in [4.78, 5) is 14.3. The lowest BCUT2D eigenvalue weighted by Gasteiger charge is -2.31. The Morgan fingerprint density at radius 2 is 2.00 bits per heavy atom. The van der Waals surface area contributed by atoms with Crippen LogP contribution in [0.25, 0.3) is 0 Å². The molecule has 98 valence electrons. The second-order valence-corrected chi connectivity index (χ2v) is 6.15. The van der Waals surface area contributed by atoms with Crippen molar-refractivity contribution in [2.45, 2.75) is 18.9 Å². The van der Waals surface area contributed by atoms with Gasteiger partial charge in [0.2, 0.25) is 0 Å². The van der Waals surface area contributed by atoms with E-state index >= 15 is 0 Å². The van der Waals surface area contributed by atoms with Crippen molar-refractivity contribution in [1.29, 1.82) is 0 Å². The van der Waals surface area contributed by atoms with Crippen LogP contribution >= 0.6 is 31.9 Å². The average molecular weight is 377 g/mol. The topological polar surface area (TPSA) is 29.5 Å². The molecule has 1 aromatic carbocycles. The van der Waals surface area contributed by atoms with E-state index in [0.717, 1.165) is 35.0 Å². The largest absolute Gasteiger partial charge is 0.381 e. The van der Waals surface area contributed by atoms with E-state index in [2.05, 4.69) is 31.9 Å². The Morgan fingerprint density at radius 3 is 2.67 bits per heavy atom. The first kappa shape index (κ1) is 14.0. The normalized spacial score (nSPS) is 16.6. The third-order valence-electron chi connectivity index (χ3n) is 3.22. The summed E-state index contributed by atoms with van der Waals surface area (Å²) >= 11 is 6.83. The van der Waals surface area contributed by atoms with E-state index < -0.39 is 0 Å². The van der Waals surface area contributed by atoms with Gasteiger partial charge in [0, 0.05) is 35.2 Å². The smallest absolute Gasteiger partial charge is 0.255 e. The maximum Gasteiger partial charge on any atom is 0.255 e. The lowest BCUT2D eigenvalue weighted by Crippen LogP contribution is -2.40. The van der Waals surface area contributed by atoms with Gasteiger partial charge in [-0.1, -0.05) is 15.9 Å². The number of rotatable bonds is 2. The maximum absolute atomic E-state index is 12.5. The van der Waals surface area contributed by atoms with E-state index in [-0.39, 0.29) is 11.9 Å². The van der Waals surface area contributed by atoms with Crippen LogP contribution < -0.4 is 0 Å². The zero-order chi connectivity index (χ0) is 13.1. The average Bonchev–Trinajstić information content (AvgIpc) is 2.41. The number of hydrogen-bond acceptors (Lipinski definition) is 2. The molecule has 3 nitrogen and oxygen atoms in total. The minimum Gasteiger partial charge on any atom is -0.381 e. The van der Waals surface area contributed by atoms with Gasteiger partial charge in [-0.05, 0) is 47.0 Å². The van der Waals surface area contributed by atoms with Gasteiger partial charge in [0.15, 0.2) is 0 Å². The number of amides is 1. The fourth-order valence-corrected chi connectivity index (χ4v) is 2.87. The van der Waals surface area contributed by atoms with Gasteiger partial charge in [-0.2, -0.15) is 0 Å². The number of nitrogens with zero attached hydrogens (tertiary/aromatic N) is 1. The van der Waals surface area contributed by atoms with Crippen LogP contribution in [0.3, 0.4) is 0 Å². The third-order valence-corrected chi connectivity index (χ3v) is 4.40. The molecule has 1 amide bonds. The van der Waals surface area contributed by atoms with Crippen LogP contribution in [0.1, 0.15) is 23.2 Å². The van der Waals surface area contributed by atoms with E-state index in [4.69, 9.17) is 4.74 Å². The number of ether oxygens (including phenoxy) is 1. The number of carbonyl (C=O) groups excluding carboxylic acids is 1. The monoisotopic (exact) mass is 375 g/mol. The second kappa shape index (κ2) is 6.17. The highest BCUT2D eigenvalue weighted by atomic mass is 79.9. The number of benzene rings is 1. The summed E-state index contributed by atoms with van der Waals surface area (Å²) in [6.45, 7) is 1.48. The Labute approximate surface area is 124 Å². The Morgan fingerprint density at radius 1 is 1.33 bits per heavy atom. The fraction of sp³-hybridized carbons (Fsp3) is 0.462. The van der Waals surface area contributed by atoms with Crippen molar-refractivity contribution >= 4 is 37.8 Å². The highest BCUT2D eigenvalue weighted by Crippen LogP contribution is 2.24. The predicted octanol–water partition coefficient (Wildman–Crippen LogP) is 3.46. The van der Waals surface area contributed by atoms with Crippen molar-refractivity contribution in [3.05, 3.63) is 32.7 Å². The molecule has 0 spiro atoms. The summed E-state index contributed by atoms with van der Waals surface area (Å²) in [6.07, 6.45) is 1.82. The summed E-state index contributed by atoms with van der Waals surface area (Å²) in [5.41, 5.74) is 0.693. The number of carbonyl (C=O) groups is 1. The van der Waals surface area contributed by atoms with Gasteiger partial charge in [0.05, 0.1) is 5.56 Å². The van der Waals surface area contributed by atoms with E-state index in [0.29, 0.717) is 5.56 Å². The third kappa shape index (κ3) is 3.13. The molecule has 1 saturated heterocycles. The first-order chi connectivity index (χ1) is 8.59. The molecular formula is C13H15Br2NO2. The van der Waals surface area contributed by atoms with Crippen molar-refractivity contribution in [3.8, 4) is 0 Å². The molecule has 1 fully saturated rings. The first-order valence-corrected chi connectivity index (χ1v) is 7.48. The van der Waals surface area contributed by atoms with Crippen LogP contribution in [0, 0.1) is 0 Å². The summed E-state index contributed by atoms with van der Waals surface area (Å²) in [5.74, 6) is 0.0510. The highest BCUT2D eigenvalue weighted by molar-refractivity contribution is 9.11. The van der Waals surface area contributed by atoms with Gasteiger partial charge >= 0.3 is 0 Å². The molecule has 0 aromatic heterocycles. The fourth-order valence-electron chi connectivity index (χ4n) is 2.09. The molecule has 0 aliphatic carbocycles. The van der Waals surface area contributed by atoms with Crippen LogP contribution in [-0.2, 0) is 4.74 Å². The Kier molecular flexibility index (Phi) is 4.81. The molecule has 0 unspecified atom stereocenters. The molecule has 1 aromatic rings. The van der Waals surface area contributed by atoms with Gasteiger partial charge in [-0.15, -0.1) is 0 Å². The molecule has 1 heterocycles. The molecular weight excluding hydrogens is 362 g/mol. The van der Waals surface area contributed by atoms with E-state index in [1.165, 1.54) is 0 Å². The van der Waals surface area contributed by atoms with Crippen LogP contribution in [0.15, 0.2) is 27.1 Å². The molecule has 0 atom stereocenters. The van der Waals surface area contributed by atoms with Crippen LogP contribution in [0.2, 0.25) is 0 Å². The zero-order valence-corrected chi connectivity index (χ0v) is 13.3. The Bertz CT molecular complexity index is 445. The van der Waals surface area contributed by atoms with Gasteiger partial charge in [0.1, 0.15) is 0 Å². The molecule has 2 rings (SSSR count). The summed E-state index contributed by atoms with van der Waals surface area (Å²) in [7, 11) is 1.87. The Balaban J connectivity index is 2.16. The van der Waals surface area contributed by atoms with Crippen molar-refractivity contribution in [3.63, 3.8) is 0 Å². The van der Waals surface area contributed by atoms with Gasteiger partial charge in [-0.3, -0.25) is 4.79 Å². The molecule has 0 N–H and O–H groups in total. The van der Waals surface area contributed by atoms with E-state index in [9.17, 15) is 4.79 Å². The summed E-state index contributed by atoms with van der Waals surface area (Å²) in [6, 6.07) is 5.92. The van der Waals surface area contributed by atoms with Crippen molar-refractivity contribution < 1.29 is 9.53 Å². The van der Waals surface area contributed by atoms with Gasteiger partial charge < -0.3 is 9.64 Å². The molecule has 0 bridgehead atoms. The van der Waals surface area contributed by atoms with Crippen LogP contribution in [-0.4, -0.2) is 37.1 Å². The lowest BCUT2D eigenvalue weighted by molar-refractivity contribution is 0.0361. The minimum absolute atomic E-state index is 0.0510. The molecule has 1 aliphatic heterocycles. The maximum atomic E-state index is 12.5. The standard InChI is InChI=1S/C13H15Br2NO2/c1-16(10-4-6-18-7-5-10)13(17)11-8-9(14)2-3-12(11)15/h2-3,8,10H,4-7H2,1H3. The van der Waals surface area contributed by atoms with E-state index in [1.54, 1.807) is 0 Å². The van der Waals surface area contributed by atoms with Crippen molar-refractivity contribution in [1.82, 2.24) is 4.90 Å². The lowest BCUT2D eigenvalue weighted by atomic mass is 10.1. The first-order valence-electron chi connectivity index (χ1n) is 5.89. The Hall–Kier alpha value is -0.390. The van der Waals surface area contributed by atoms with E-state index in [1.807, 2.05) is 30.1 Å². The summed E-state index contributed by atoms with van der Waals surface area (Å²) < 4.78 is 7.06. The minimum atomic E-state index is 0.0510. The van der Waals surface area contributed by atoms with Crippen LogP contribution in [0.4, 0.5) is 0 Å². The number of hydrogen-bond donors (Lipinski definition) is 0. The highest BCUT2D eigenvalue weighted by Gasteiger charge is 2.24. The number of halogens is 2. The van der Waals surface area contributed by atoms with Crippen molar-refractivity contribution in [2.24, 2.45) is 0 Å². The SMILES string of the molecule is CN(C(=O)c1cc(Br)ccc1Br)C1CCOCC1. The molecule has 5 heteroatoms. The van der Waals surface area contributed by atoms with Gasteiger partial charge in [-0.25, -0.2) is 0 Å². The molecule has 0 saturated carbocycles. The quantitative estimate of drug-likeness (QED) is 0.790. The predicted molar refractivity (Wildman–Crippen MR) is 77.8 cm³/mol. The van der Waals surface area contributed by atoms with Crippen molar-refractivity contribution in [2.75, 3.05) is 20.3 Å². The molecule has 0 radical (unpaired) electrons. The second-order valence-electron chi connectivity index (χ2n) is 4.38. The van der Waals surface area contributed by atoms with Gasteiger partial charge in [0.25, 0.3) is 5.91 Å².